The molecule has 0 spiro atoms. The van der Waals surface area contributed by atoms with Crippen LogP contribution in [0, 0.1) is 5.92 Å². The molecule has 1 saturated carbocycles. The summed E-state index contributed by atoms with van der Waals surface area (Å²) in [5, 5.41) is 0. The molecule has 0 amide bonds. The fourth-order valence-electron chi connectivity index (χ4n) is 2.74. The molecule has 0 atom stereocenters. The van der Waals surface area contributed by atoms with Crippen LogP contribution in [0.3, 0.4) is 0 Å². The van der Waals surface area contributed by atoms with Crippen molar-refractivity contribution < 1.29 is 19.1 Å². The molecule has 0 aromatic heterocycles. The van der Waals surface area contributed by atoms with Gasteiger partial charge in [-0.1, -0.05) is 24.3 Å². The topological polar surface area (TPSA) is 52.6 Å². The van der Waals surface area contributed by atoms with Crippen LogP contribution in [-0.2, 0) is 14.3 Å². The summed E-state index contributed by atoms with van der Waals surface area (Å²) in [6, 6.07) is 9.05. The van der Waals surface area contributed by atoms with Crippen LogP contribution >= 0.6 is 0 Å². The summed E-state index contributed by atoms with van der Waals surface area (Å²) in [4.78, 5) is 23.7. The Bertz CT molecular complexity index is 575. The van der Waals surface area contributed by atoms with E-state index in [1.807, 2.05) is 45.0 Å². The summed E-state index contributed by atoms with van der Waals surface area (Å²) < 4.78 is 10.8. The van der Waals surface area contributed by atoms with E-state index >= 15 is 0 Å². The van der Waals surface area contributed by atoms with Crippen molar-refractivity contribution in [3.63, 3.8) is 0 Å². The summed E-state index contributed by atoms with van der Waals surface area (Å²) in [5.74, 6) is -0.229. The minimum atomic E-state index is -0.468. The Morgan fingerprint density at radius 1 is 1.04 bits per heavy atom. The van der Waals surface area contributed by atoms with Crippen molar-refractivity contribution >= 4 is 11.9 Å². The number of esters is 2. The summed E-state index contributed by atoms with van der Waals surface area (Å²) >= 11 is 0. The van der Waals surface area contributed by atoms with Crippen LogP contribution in [0.2, 0.25) is 0 Å². The third-order valence-electron chi connectivity index (χ3n) is 3.91. The van der Waals surface area contributed by atoms with E-state index in [-0.39, 0.29) is 18.0 Å². The molecule has 1 aliphatic rings. The predicted molar refractivity (Wildman–Crippen MR) is 92.6 cm³/mol. The van der Waals surface area contributed by atoms with Crippen LogP contribution in [-0.4, -0.2) is 23.6 Å². The number of benzene rings is 1. The van der Waals surface area contributed by atoms with Gasteiger partial charge in [-0.25, -0.2) is 9.59 Å². The highest BCUT2D eigenvalue weighted by atomic mass is 16.6. The quantitative estimate of drug-likeness (QED) is 0.610. The van der Waals surface area contributed by atoms with Gasteiger partial charge in [0.25, 0.3) is 0 Å². The van der Waals surface area contributed by atoms with Crippen LogP contribution in [0.15, 0.2) is 42.5 Å². The summed E-state index contributed by atoms with van der Waals surface area (Å²) in [5.41, 5.74) is 0.120. The summed E-state index contributed by atoms with van der Waals surface area (Å²) in [6.07, 6.45) is 6.86. The minimum absolute atomic E-state index is 0.0381. The van der Waals surface area contributed by atoms with Gasteiger partial charge in [-0.05, 0) is 64.5 Å². The minimum Gasteiger partial charge on any atom is -0.459 e. The first kappa shape index (κ1) is 18.2. The molecule has 0 radical (unpaired) electrons. The Hall–Kier alpha value is -2.10. The van der Waals surface area contributed by atoms with Crippen LogP contribution in [0.25, 0.3) is 0 Å². The van der Waals surface area contributed by atoms with E-state index in [4.69, 9.17) is 9.47 Å². The molecule has 0 unspecified atom stereocenters. The molecule has 2 rings (SSSR count). The Labute approximate surface area is 143 Å². The van der Waals surface area contributed by atoms with Gasteiger partial charge in [0.05, 0.1) is 5.56 Å². The average Bonchev–Trinajstić information content (AvgIpc) is 2.53. The number of hydrogen-bond acceptors (Lipinski definition) is 4. The van der Waals surface area contributed by atoms with Crippen LogP contribution in [0.4, 0.5) is 0 Å². The fraction of sp³-hybridized carbons (Fsp3) is 0.500. The van der Waals surface area contributed by atoms with Crippen molar-refractivity contribution in [3.05, 3.63) is 48.0 Å². The molecule has 24 heavy (non-hydrogen) atoms. The standard InChI is InChI=1S/C20H26O4/c1-20(2,3)24-18(21)14-11-15-9-12-17(13-10-15)23-19(22)16-7-5-4-6-8-16/h4-8,11,14-15,17H,9-10,12-13H2,1-3H3/b14-11+. The number of allylic oxidation sites excluding steroid dienone is 1. The maximum Gasteiger partial charge on any atom is 0.338 e. The normalized spacial score (nSPS) is 21.5. The van der Waals surface area contributed by atoms with Crippen molar-refractivity contribution in [2.24, 2.45) is 5.92 Å². The van der Waals surface area contributed by atoms with Gasteiger partial charge < -0.3 is 9.47 Å². The predicted octanol–water partition coefficient (Wildman–Crippen LogP) is 4.30. The first-order valence-electron chi connectivity index (χ1n) is 8.51. The zero-order valence-corrected chi connectivity index (χ0v) is 14.7. The Balaban J connectivity index is 1.75. The molecule has 0 saturated heterocycles. The second-order valence-corrected chi connectivity index (χ2v) is 7.20. The Kier molecular flexibility index (Phi) is 6.18. The lowest BCUT2D eigenvalue weighted by Crippen LogP contribution is -2.24. The van der Waals surface area contributed by atoms with E-state index in [1.165, 1.54) is 6.08 Å². The van der Waals surface area contributed by atoms with E-state index in [0.29, 0.717) is 11.5 Å². The van der Waals surface area contributed by atoms with E-state index in [1.54, 1.807) is 12.1 Å². The Morgan fingerprint density at radius 2 is 1.67 bits per heavy atom. The molecule has 0 N–H and O–H groups in total. The molecule has 0 heterocycles. The molecular formula is C20H26O4. The third-order valence-corrected chi connectivity index (χ3v) is 3.91. The lowest BCUT2D eigenvalue weighted by molar-refractivity contribution is -0.148. The average molecular weight is 330 g/mol. The van der Waals surface area contributed by atoms with E-state index in [9.17, 15) is 9.59 Å². The Morgan fingerprint density at radius 3 is 2.25 bits per heavy atom. The lowest BCUT2D eigenvalue weighted by Gasteiger charge is -2.26. The highest BCUT2D eigenvalue weighted by Gasteiger charge is 2.23. The smallest absolute Gasteiger partial charge is 0.338 e. The largest absolute Gasteiger partial charge is 0.459 e. The van der Waals surface area contributed by atoms with Crippen LogP contribution < -0.4 is 0 Å². The molecular weight excluding hydrogens is 304 g/mol. The SMILES string of the molecule is CC(C)(C)OC(=O)/C=C/C1CCC(OC(=O)c2ccccc2)CC1. The van der Waals surface area contributed by atoms with Gasteiger partial charge in [0.1, 0.15) is 11.7 Å². The van der Waals surface area contributed by atoms with Gasteiger partial charge in [-0.15, -0.1) is 0 Å². The number of rotatable bonds is 4. The molecule has 1 aromatic rings. The first-order valence-corrected chi connectivity index (χ1v) is 8.51. The number of carbonyl (C=O) groups excluding carboxylic acids is 2. The van der Waals surface area contributed by atoms with Crippen molar-refractivity contribution in [2.75, 3.05) is 0 Å². The third kappa shape index (κ3) is 6.19. The first-order chi connectivity index (χ1) is 11.3. The van der Waals surface area contributed by atoms with Crippen LogP contribution in [0.1, 0.15) is 56.8 Å². The second-order valence-electron chi connectivity index (χ2n) is 7.20. The van der Waals surface area contributed by atoms with E-state index in [2.05, 4.69) is 0 Å². The number of ether oxygens (including phenoxy) is 2. The molecule has 0 aliphatic heterocycles. The van der Waals surface area contributed by atoms with Crippen molar-refractivity contribution in [2.45, 2.75) is 58.2 Å². The molecule has 0 bridgehead atoms. The molecule has 1 aromatic carbocycles. The molecule has 4 heteroatoms. The monoisotopic (exact) mass is 330 g/mol. The number of hydrogen-bond donors (Lipinski definition) is 0. The van der Waals surface area contributed by atoms with Gasteiger partial charge >= 0.3 is 11.9 Å². The zero-order chi connectivity index (χ0) is 17.6. The van der Waals surface area contributed by atoms with E-state index < -0.39 is 5.60 Å². The van der Waals surface area contributed by atoms with Crippen LogP contribution in [0.5, 0.6) is 0 Å². The van der Waals surface area contributed by atoms with Gasteiger partial charge in [0.2, 0.25) is 0 Å². The maximum absolute atomic E-state index is 12.0. The van der Waals surface area contributed by atoms with Crippen molar-refractivity contribution in [3.8, 4) is 0 Å². The van der Waals surface area contributed by atoms with Gasteiger partial charge in [-0.2, -0.15) is 0 Å². The van der Waals surface area contributed by atoms with Crippen molar-refractivity contribution in [1.82, 2.24) is 0 Å². The highest BCUT2D eigenvalue weighted by molar-refractivity contribution is 5.89. The number of carbonyl (C=O) groups is 2. The van der Waals surface area contributed by atoms with Gasteiger partial charge in [0.15, 0.2) is 0 Å². The van der Waals surface area contributed by atoms with Gasteiger partial charge in [0, 0.05) is 6.08 Å². The summed E-state index contributed by atoms with van der Waals surface area (Å²) in [7, 11) is 0. The maximum atomic E-state index is 12.0. The fourth-order valence-corrected chi connectivity index (χ4v) is 2.74. The van der Waals surface area contributed by atoms with Crippen molar-refractivity contribution in [1.29, 1.82) is 0 Å². The molecule has 1 fully saturated rings. The lowest BCUT2D eigenvalue weighted by atomic mass is 9.87. The van der Waals surface area contributed by atoms with E-state index in [0.717, 1.165) is 25.7 Å². The van der Waals surface area contributed by atoms with Gasteiger partial charge in [-0.3, -0.25) is 0 Å². The second kappa shape index (κ2) is 8.13. The molecule has 1 aliphatic carbocycles. The molecule has 130 valence electrons. The highest BCUT2D eigenvalue weighted by Crippen LogP contribution is 2.28. The summed E-state index contributed by atoms with van der Waals surface area (Å²) in [6.45, 7) is 5.56. The zero-order valence-electron chi connectivity index (χ0n) is 14.7. The molecule has 4 nitrogen and oxygen atoms in total.